The van der Waals surface area contributed by atoms with Crippen molar-refractivity contribution in [3.05, 3.63) is 81.9 Å². The van der Waals surface area contributed by atoms with Crippen LogP contribution in [-0.2, 0) is 20.9 Å². The van der Waals surface area contributed by atoms with E-state index in [9.17, 15) is 19.5 Å². The lowest BCUT2D eigenvalue weighted by Gasteiger charge is -2.28. The second-order valence-corrected chi connectivity index (χ2v) is 8.54. The van der Waals surface area contributed by atoms with Gasteiger partial charge in [-0.1, -0.05) is 5.76 Å². The van der Waals surface area contributed by atoms with E-state index in [-0.39, 0.29) is 23.4 Å². The van der Waals surface area contributed by atoms with Crippen LogP contribution < -0.4 is 19.6 Å². The predicted molar refractivity (Wildman–Crippen MR) is 129 cm³/mol. The number of carbonyl (C=O) groups excluding carboxylic acids is 3. The fourth-order valence-corrected chi connectivity index (χ4v) is 4.67. The lowest BCUT2D eigenvalue weighted by Crippen LogP contribution is -2.30. The molecule has 0 saturated carbocycles. The Morgan fingerprint density at radius 2 is 1.89 bits per heavy atom. The molecule has 1 unspecified atom stereocenters. The molecular weight excluding hydrogens is 478 g/mol. The first-order valence-corrected chi connectivity index (χ1v) is 11.4. The Morgan fingerprint density at radius 1 is 1.14 bits per heavy atom. The van der Waals surface area contributed by atoms with E-state index < -0.39 is 29.5 Å². The van der Waals surface area contributed by atoms with Gasteiger partial charge < -0.3 is 29.2 Å². The Kier molecular flexibility index (Phi) is 7.01. The van der Waals surface area contributed by atoms with Crippen molar-refractivity contribution >= 4 is 23.4 Å². The van der Waals surface area contributed by atoms with Crippen LogP contribution in [0.2, 0.25) is 0 Å². The van der Waals surface area contributed by atoms with Crippen LogP contribution >= 0.6 is 0 Å². The maximum absolute atomic E-state index is 14.0. The zero-order valence-corrected chi connectivity index (χ0v) is 21.1. The molecule has 1 aliphatic rings. The number of ketones is 1. The first-order valence-electron chi connectivity index (χ1n) is 11.4. The summed E-state index contributed by atoms with van der Waals surface area (Å²) < 4.78 is 15.7. The summed E-state index contributed by atoms with van der Waals surface area (Å²) in [5, 5.41) is 14.0. The van der Waals surface area contributed by atoms with Gasteiger partial charge in [0.2, 0.25) is 5.78 Å². The van der Waals surface area contributed by atoms with Gasteiger partial charge >= 0.3 is 5.97 Å². The molecule has 0 spiro atoms. The van der Waals surface area contributed by atoms with Crippen LogP contribution in [0.3, 0.4) is 0 Å². The van der Waals surface area contributed by atoms with E-state index in [4.69, 9.17) is 14.2 Å². The second-order valence-electron chi connectivity index (χ2n) is 8.54. The molecule has 0 bridgehead atoms. The number of ether oxygens (including phenoxy) is 3. The zero-order chi connectivity index (χ0) is 26.9. The summed E-state index contributed by atoms with van der Waals surface area (Å²) in [6.07, 6.45) is 3.43. The smallest absolute Gasteiger partial charge is 0.354 e. The molecule has 2 N–H and O–H groups in total. The molecule has 10 heteroatoms. The quantitative estimate of drug-likeness (QED) is 0.223. The summed E-state index contributed by atoms with van der Waals surface area (Å²) in [6.45, 7) is 3.26. The third-order valence-electron chi connectivity index (χ3n) is 6.44. The lowest BCUT2D eigenvalue weighted by atomic mass is 9.93. The number of pyridine rings is 1. The molecule has 3 heterocycles. The number of nitrogens with one attached hydrogen (secondary N) is 2. The molecule has 3 aromatic rings. The van der Waals surface area contributed by atoms with Crippen molar-refractivity contribution in [2.75, 3.05) is 21.3 Å². The summed E-state index contributed by atoms with van der Waals surface area (Å²) in [4.78, 5) is 46.2. The molecule has 1 amide bonds. The normalized spacial score (nSPS) is 16.7. The number of aromatic nitrogens is 2. The largest absolute Gasteiger partial charge is 0.872 e. The molecule has 4 rings (SSSR count). The minimum absolute atomic E-state index is 0.0578. The Balaban J connectivity index is 1.98. The molecule has 10 nitrogen and oxygen atoms in total. The van der Waals surface area contributed by atoms with Gasteiger partial charge in [-0.2, -0.15) is 0 Å². The topological polar surface area (TPSA) is 135 Å². The van der Waals surface area contributed by atoms with Crippen LogP contribution in [0.5, 0.6) is 11.5 Å². The van der Waals surface area contributed by atoms with Crippen molar-refractivity contribution in [2.45, 2.75) is 26.4 Å². The molecule has 37 heavy (non-hydrogen) atoms. The maximum Gasteiger partial charge on any atom is 0.354 e. The Morgan fingerprint density at radius 3 is 2.51 bits per heavy atom. The number of methoxy groups -OCH3 is 3. The molecule has 1 saturated heterocycles. The fourth-order valence-electron chi connectivity index (χ4n) is 4.67. The van der Waals surface area contributed by atoms with E-state index in [1.165, 1.54) is 26.2 Å². The fraction of sp³-hybridized carbons (Fsp3) is 0.259. The van der Waals surface area contributed by atoms with Crippen LogP contribution in [0.15, 0.2) is 48.3 Å². The van der Waals surface area contributed by atoms with Gasteiger partial charge in [-0.25, -0.2) is 9.78 Å². The van der Waals surface area contributed by atoms with E-state index in [1.807, 2.05) is 0 Å². The summed E-state index contributed by atoms with van der Waals surface area (Å²) in [5.41, 5.74) is 1.86. The van der Waals surface area contributed by atoms with Gasteiger partial charge in [0.05, 0.1) is 33.9 Å². The van der Waals surface area contributed by atoms with Gasteiger partial charge in [0, 0.05) is 28.5 Å². The van der Waals surface area contributed by atoms with Gasteiger partial charge in [-0.15, -0.1) is 0 Å². The van der Waals surface area contributed by atoms with Crippen LogP contribution in [0.1, 0.15) is 44.5 Å². The number of amides is 1. The Bertz CT molecular complexity index is 1410. The highest BCUT2D eigenvalue weighted by Gasteiger charge is 2.46. The minimum Gasteiger partial charge on any atom is -0.872 e. The van der Waals surface area contributed by atoms with Crippen molar-refractivity contribution in [1.82, 2.24) is 9.88 Å². The first-order chi connectivity index (χ1) is 17.7. The van der Waals surface area contributed by atoms with Gasteiger partial charge in [-0.05, 0) is 49.2 Å². The maximum atomic E-state index is 14.0. The van der Waals surface area contributed by atoms with E-state index in [0.717, 1.165) is 5.56 Å². The summed E-state index contributed by atoms with van der Waals surface area (Å²) in [5.74, 6) is -2.20. The number of benzene rings is 1. The summed E-state index contributed by atoms with van der Waals surface area (Å²) >= 11 is 0. The molecule has 192 valence electrons. The van der Waals surface area contributed by atoms with Crippen LogP contribution in [0, 0.1) is 13.8 Å². The van der Waals surface area contributed by atoms with Crippen molar-refractivity contribution in [3.63, 3.8) is 0 Å². The van der Waals surface area contributed by atoms with Crippen LogP contribution in [0.25, 0.3) is 5.76 Å². The average Bonchev–Trinajstić information content (AvgIpc) is 3.35. The number of hydrogen-bond donors (Lipinski definition) is 1. The number of Topliss-reactive ketones (excluding diaryl/α,β-unsaturated/α-hetero) is 1. The number of nitrogens with zero attached hydrogens (tertiary/aromatic N) is 1. The summed E-state index contributed by atoms with van der Waals surface area (Å²) in [6, 6.07) is 7.49. The molecule has 2 aromatic heterocycles. The van der Waals surface area contributed by atoms with E-state index in [2.05, 4.69) is 9.97 Å². The highest BCUT2D eigenvalue weighted by molar-refractivity contribution is 6.46. The molecule has 1 aromatic carbocycles. The van der Waals surface area contributed by atoms with Crippen molar-refractivity contribution in [1.29, 1.82) is 0 Å². The monoisotopic (exact) mass is 505 g/mol. The molecule has 0 radical (unpaired) electrons. The summed E-state index contributed by atoms with van der Waals surface area (Å²) in [7, 11) is 4.19. The van der Waals surface area contributed by atoms with Gasteiger partial charge in [-0.3, -0.25) is 9.59 Å². The minimum atomic E-state index is -1.06. The molecule has 0 aliphatic carbocycles. The van der Waals surface area contributed by atoms with Crippen molar-refractivity contribution < 1.29 is 38.7 Å². The molecule has 1 aliphatic heterocycles. The SMILES string of the molecule is COC(=O)c1[nH]c(C)c(C([O-])=C2C(=O)C(=O)N(Cc3ccc[nH+]c3)C2c2cc(OC)ccc2OC)c1C. The number of carbonyl (C=O) groups is 3. The van der Waals surface area contributed by atoms with Crippen molar-refractivity contribution in [2.24, 2.45) is 0 Å². The van der Waals surface area contributed by atoms with Crippen molar-refractivity contribution in [3.8, 4) is 11.5 Å². The zero-order valence-electron chi connectivity index (χ0n) is 21.1. The number of aryl methyl sites for hydroxylation is 1. The molecule has 1 fully saturated rings. The first kappa shape index (κ1) is 25.5. The van der Waals surface area contributed by atoms with Gasteiger partial charge in [0.1, 0.15) is 17.2 Å². The highest BCUT2D eigenvalue weighted by atomic mass is 16.5. The number of rotatable bonds is 7. The number of H-pyrrole nitrogens is 2. The van der Waals surface area contributed by atoms with E-state index in [1.54, 1.807) is 56.6 Å². The third-order valence-corrected chi connectivity index (χ3v) is 6.44. The van der Waals surface area contributed by atoms with E-state index in [0.29, 0.717) is 28.3 Å². The highest BCUT2D eigenvalue weighted by Crippen LogP contribution is 2.44. The Hall–Kier alpha value is -4.60. The number of esters is 1. The third kappa shape index (κ3) is 4.42. The molecular formula is C27H27N3O7. The predicted octanol–water partition coefficient (Wildman–Crippen LogP) is 1.67. The van der Waals surface area contributed by atoms with Gasteiger partial charge in [0.25, 0.3) is 5.91 Å². The van der Waals surface area contributed by atoms with Gasteiger partial charge in [0.15, 0.2) is 12.4 Å². The second kappa shape index (κ2) is 10.2. The molecule has 1 atom stereocenters. The number of likely N-dealkylation sites (tertiary alicyclic amines) is 1. The van der Waals surface area contributed by atoms with Crippen LogP contribution in [0.4, 0.5) is 0 Å². The van der Waals surface area contributed by atoms with E-state index >= 15 is 0 Å². The van der Waals surface area contributed by atoms with Crippen LogP contribution in [-0.4, -0.2) is 48.9 Å². The number of aromatic amines is 2. The lowest BCUT2D eigenvalue weighted by molar-refractivity contribution is -0.378. The average molecular weight is 506 g/mol. The Labute approximate surface area is 213 Å². The standard InChI is InChI=1S/C27H27N3O7/c1-14-20(15(2)29-22(14)27(34)37-5)24(31)21-23(18-11-17(35-3)8-9-19(18)36-4)30(26(33)25(21)32)13-16-7-6-10-28-12-16/h6-12,23,29,31H,13H2,1-5H3. The number of hydrogen-bond acceptors (Lipinski definition) is 7.